The van der Waals surface area contributed by atoms with E-state index < -0.39 is 15.8 Å². The van der Waals surface area contributed by atoms with Gasteiger partial charge in [0.15, 0.2) is 9.84 Å². The molecule has 0 saturated carbocycles. The molecule has 0 aromatic heterocycles. The van der Waals surface area contributed by atoms with Gasteiger partial charge in [-0.15, -0.1) is 0 Å². The lowest BCUT2D eigenvalue weighted by Gasteiger charge is -2.37. The number of rotatable bonds is 6. The zero-order chi connectivity index (χ0) is 21.2. The van der Waals surface area contributed by atoms with E-state index in [9.17, 15) is 13.2 Å². The highest BCUT2D eigenvalue weighted by molar-refractivity contribution is 7.91. The van der Waals surface area contributed by atoms with E-state index in [-0.39, 0.29) is 28.0 Å². The molecule has 0 bridgehead atoms. The molecule has 2 unspecified atom stereocenters. The molecular weight excluding hydrogens is 386 g/mol. The van der Waals surface area contributed by atoms with Crippen LogP contribution in [0.2, 0.25) is 0 Å². The Morgan fingerprint density at radius 3 is 2.48 bits per heavy atom. The second kappa shape index (κ2) is 8.19. The van der Waals surface area contributed by atoms with E-state index in [1.165, 1.54) is 24.8 Å². The van der Waals surface area contributed by atoms with Crippen molar-refractivity contribution in [1.29, 1.82) is 0 Å². The molecule has 0 aliphatic heterocycles. The van der Waals surface area contributed by atoms with Crippen LogP contribution < -0.4 is 10.1 Å². The summed E-state index contributed by atoms with van der Waals surface area (Å²) in [5, 5.41) is 3.08. The van der Waals surface area contributed by atoms with E-state index in [0.717, 1.165) is 18.4 Å². The molecule has 1 aliphatic rings. The minimum atomic E-state index is -3.57. The van der Waals surface area contributed by atoms with Gasteiger partial charge in [0.1, 0.15) is 5.75 Å². The Bertz CT molecular complexity index is 980. The number of carbonyl (C=O) groups is 1. The molecule has 0 heterocycles. The summed E-state index contributed by atoms with van der Waals surface area (Å²) >= 11 is 0. The first-order chi connectivity index (χ1) is 13.6. The molecule has 3 rings (SSSR count). The van der Waals surface area contributed by atoms with E-state index in [1.54, 1.807) is 19.1 Å². The van der Waals surface area contributed by atoms with E-state index in [4.69, 9.17) is 4.74 Å². The van der Waals surface area contributed by atoms with Crippen molar-refractivity contribution in [2.24, 2.45) is 5.92 Å². The number of carbonyl (C=O) groups excluding carboxylic acids is 1. The number of fused-ring (bicyclic) bond motifs is 1. The van der Waals surface area contributed by atoms with E-state index in [2.05, 4.69) is 31.3 Å². The summed E-state index contributed by atoms with van der Waals surface area (Å²) in [6.45, 7) is 6.09. The maximum Gasteiger partial charge on any atom is 0.224 e. The van der Waals surface area contributed by atoms with Gasteiger partial charge in [0, 0.05) is 5.92 Å². The van der Waals surface area contributed by atoms with Crippen LogP contribution in [0.25, 0.3) is 0 Å². The number of hydrogen-bond acceptors (Lipinski definition) is 4. The number of ether oxygens (including phenoxy) is 1. The summed E-state index contributed by atoms with van der Waals surface area (Å²) in [5.41, 5.74) is 2.44. The molecule has 156 valence electrons. The fraction of sp³-hybridized carbons (Fsp3) is 0.435. The summed E-state index contributed by atoms with van der Waals surface area (Å²) in [6, 6.07) is 14.3. The molecule has 2 aromatic rings. The van der Waals surface area contributed by atoms with Crippen LogP contribution in [0, 0.1) is 5.92 Å². The maximum atomic E-state index is 12.8. The summed E-state index contributed by atoms with van der Waals surface area (Å²) in [7, 11) is -2.04. The van der Waals surface area contributed by atoms with Crippen LogP contribution in [0.5, 0.6) is 5.75 Å². The van der Waals surface area contributed by atoms with Crippen LogP contribution in [0.1, 0.15) is 50.8 Å². The van der Waals surface area contributed by atoms with Gasteiger partial charge in [-0.1, -0.05) is 45.0 Å². The van der Waals surface area contributed by atoms with Crippen LogP contribution in [0.3, 0.4) is 0 Å². The molecule has 29 heavy (non-hydrogen) atoms. The Labute approximate surface area is 173 Å². The molecular formula is C23H29NO4S. The zero-order valence-electron chi connectivity index (χ0n) is 17.4. The number of methoxy groups -OCH3 is 1. The number of amides is 1. The molecule has 2 aromatic carbocycles. The Morgan fingerprint density at radius 1 is 1.17 bits per heavy atom. The molecule has 1 amide bonds. The van der Waals surface area contributed by atoms with Crippen LogP contribution in [-0.2, 0) is 20.0 Å². The van der Waals surface area contributed by atoms with Crippen molar-refractivity contribution in [3.63, 3.8) is 0 Å². The minimum Gasteiger partial charge on any atom is -0.497 e. The molecule has 0 spiro atoms. The molecule has 1 N–H and O–H groups in total. The van der Waals surface area contributed by atoms with Gasteiger partial charge in [-0.25, -0.2) is 8.42 Å². The predicted octanol–water partition coefficient (Wildman–Crippen LogP) is 4.03. The second-order valence-corrected chi connectivity index (χ2v) is 10.5. The van der Waals surface area contributed by atoms with E-state index in [0.29, 0.717) is 5.75 Å². The number of sulfone groups is 1. The first-order valence-electron chi connectivity index (χ1n) is 9.90. The molecule has 1 aliphatic carbocycles. The lowest BCUT2D eigenvalue weighted by Crippen LogP contribution is -2.39. The molecule has 6 heteroatoms. The van der Waals surface area contributed by atoms with Crippen molar-refractivity contribution in [2.75, 3.05) is 12.9 Å². The number of benzene rings is 2. The normalized spacial score (nSPS) is 19.1. The highest BCUT2D eigenvalue weighted by Gasteiger charge is 2.34. The standard InChI is InChI=1S/C23H29NO4S/c1-16(15-29(26,27)18-11-9-17(28-4)10-12-18)22(25)24-21-13-14-23(2,3)20-8-6-5-7-19(20)21/h5-12,16,21H,13-15H2,1-4H3,(H,24,25). The Kier molecular flexibility index (Phi) is 6.03. The van der Waals surface area contributed by atoms with Gasteiger partial charge >= 0.3 is 0 Å². The molecule has 0 fully saturated rings. The van der Waals surface area contributed by atoms with Gasteiger partial charge in [0.2, 0.25) is 5.91 Å². The lowest BCUT2D eigenvalue weighted by atomic mass is 9.71. The Morgan fingerprint density at radius 2 is 1.83 bits per heavy atom. The Hall–Kier alpha value is -2.34. The minimum absolute atomic E-state index is 0.0706. The van der Waals surface area contributed by atoms with Gasteiger partial charge in [-0.05, 0) is 53.6 Å². The van der Waals surface area contributed by atoms with Gasteiger partial charge < -0.3 is 10.1 Å². The topological polar surface area (TPSA) is 72.5 Å². The lowest BCUT2D eigenvalue weighted by molar-refractivity contribution is -0.124. The van der Waals surface area contributed by atoms with E-state index >= 15 is 0 Å². The maximum absolute atomic E-state index is 12.8. The average Bonchev–Trinajstić information content (AvgIpc) is 2.70. The van der Waals surface area contributed by atoms with Crippen molar-refractivity contribution in [1.82, 2.24) is 5.32 Å². The first-order valence-corrected chi connectivity index (χ1v) is 11.6. The number of nitrogens with one attached hydrogen (secondary N) is 1. The fourth-order valence-corrected chi connectivity index (χ4v) is 5.51. The van der Waals surface area contributed by atoms with Crippen molar-refractivity contribution in [2.45, 2.75) is 50.0 Å². The zero-order valence-corrected chi connectivity index (χ0v) is 18.3. The molecule has 2 atom stereocenters. The van der Waals surface area contributed by atoms with Crippen molar-refractivity contribution in [3.8, 4) is 5.75 Å². The molecule has 5 nitrogen and oxygen atoms in total. The number of hydrogen-bond donors (Lipinski definition) is 1. The summed E-state index contributed by atoms with van der Waals surface area (Å²) < 4.78 is 30.5. The highest BCUT2D eigenvalue weighted by atomic mass is 32.2. The monoisotopic (exact) mass is 415 g/mol. The second-order valence-electron chi connectivity index (χ2n) is 8.43. The summed E-state index contributed by atoms with van der Waals surface area (Å²) in [6.07, 6.45) is 1.81. The summed E-state index contributed by atoms with van der Waals surface area (Å²) in [4.78, 5) is 13.0. The van der Waals surface area contributed by atoms with Crippen LogP contribution in [-0.4, -0.2) is 27.2 Å². The van der Waals surface area contributed by atoms with Gasteiger partial charge in [0.25, 0.3) is 0 Å². The molecule has 0 radical (unpaired) electrons. The SMILES string of the molecule is COc1ccc(S(=O)(=O)CC(C)C(=O)NC2CCC(C)(C)c3ccccc32)cc1. The third-order valence-electron chi connectivity index (χ3n) is 5.78. The van der Waals surface area contributed by atoms with E-state index in [1.807, 2.05) is 12.1 Å². The van der Waals surface area contributed by atoms with Crippen molar-refractivity contribution >= 4 is 15.7 Å². The van der Waals surface area contributed by atoms with Crippen LogP contribution in [0.4, 0.5) is 0 Å². The van der Waals surface area contributed by atoms with Gasteiger partial charge in [0.05, 0.1) is 23.8 Å². The van der Waals surface area contributed by atoms with Crippen molar-refractivity contribution in [3.05, 3.63) is 59.7 Å². The van der Waals surface area contributed by atoms with Crippen molar-refractivity contribution < 1.29 is 17.9 Å². The average molecular weight is 416 g/mol. The largest absolute Gasteiger partial charge is 0.497 e. The fourth-order valence-electron chi connectivity index (χ4n) is 3.96. The Balaban J connectivity index is 1.71. The predicted molar refractivity (Wildman–Crippen MR) is 114 cm³/mol. The molecule has 0 saturated heterocycles. The van der Waals surface area contributed by atoms with Crippen LogP contribution >= 0.6 is 0 Å². The van der Waals surface area contributed by atoms with Gasteiger partial charge in [-0.3, -0.25) is 4.79 Å². The smallest absolute Gasteiger partial charge is 0.224 e. The van der Waals surface area contributed by atoms with Gasteiger partial charge in [-0.2, -0.15) is 0 Å². The summed E-state index contributed by atoms with van der Waals surface area (Å²) in [5.74, 6) is -0.523. The first kappa shape index (κ1) is 21.4. The third-order valence-corrected chi connectivity index (χ3v) is 7.70. The third kappa shape index (κ3) is 4.64. The highest BCUT2D eigenvalue weighted by Crippen LogP contribution is 2.41. The van der Waals surface area contributed by atoms with Crippen LogP contribution in [0.15, 0.2) is 53.4 Å². The quantitative estimate of drug-likeness (QED) is 0.773.